The van der Waals surface area contributed by atoms with Crippen LogP contribution in [-0.4, -0.2) is 62.0 Å². The quantitative estimate of drug-likeness (QED) is 0.805. The van der Waals surface area contributed by atoms with Gasteiger partial charge in [0.2, 0.25) is 0 Å². The summed E-state index contributed by atoms with van der Waals surface area (Å²) in [5.74, 6) is -0.167. The number of benzene rings is 1. The number of anilines is 1. The monoisotopic (exact) mass is 384 g/mol. The Morgan fingerprint density at radius 2 is 1.88 bits per heavy atom. The summed E-state index contributed by atoms with van der Waals surface area (Å²) in [4.78, 5) is 27.2. The van der Waals surface area contributed by atoms with E-state index < -0.39 is 12.1 Å². The first kappa shape index (κ1) is 20.2. The number of ether oxygens (including phenoxy) is 2. The highest BCUT2D eigenvalue weighted by Crippen LogP contribution is 2.38. The summed E-state index contributed by atoms with van der Waals surface area (Å²) >= 11 is 6.21. The number of rotatable bonds is 3. The normalized spacial score (nSPS) is 17.8. The second-order valence-corrected chi connectivity index (χ2v) is 7.74. The number of hydrogen-bond donors (Lipinski definition) is 1. The summed E-state index contributed by atoms with van der Waals surface area (Å²) in [6.07, 6.45) is -0.933. The molecule has 1 amide bonds. The molecule has 0 radical (unpaired) electrons. The molecule has 0 spiro atoms. The van der Waals surface area contributed by atoms with Crippen molar-refractivity contribution in [3.05, 3.63) is 22.7 Å². The van der Waals surface area contributed by atoms with Crippen molar-refractivity contribution in [3.8, 4) is 5.75 Å². The molecule has 0 aromatic heterocycles. The molecule has 0 bridgehead atoms. The van der Waals surface area contributed by atoms with Gasteiger partial charge in [-0.3, -0.25) is 0 Å². The van der Waals surface area contributed by atoms with Crippen molar-refractivity contribution in [2.45, 2.75) is 26.8 Å². The number of methoxy groups -OCH3 is 2. The Labute approximate surface area is 158 Å². The van der Waals surface area contributed by atoms with Crippen LogP contribution >= 0.6 is 11.6 Å². The largest absolute Gasteiger partial charge is 0.494 e. The zero-order valence-electron chi connectivity index (χ0n) is 15.7. The Balaban J connectivity index is 2.47. The van der Waals surface area contributed by atoms with Gasteiger partial charge in [0.1, 0.15) is 5.56 Å². The zero-order valence-corrected chi connectivity index (χ0v) is 16.5. The van der Waals surface area contributed by atoms with Crippen LogP contribution in [0.4, 0.5) is 10.5 Å². The Bertz CT molecular complexity index is 702. The van der Waals surface area contributed by atoms with Crippen molar-refractivity contribution in [3.63, 3.8) is 0 Å². The first-order valence-corrected chi connectivity index (χ1v) is 8.68. The lowest BCUT2D eigenvalue weighted by Crippen LogP contribution is -2.59. The Morgan fingerprint density at radius 3 is 2.38 bits per heavy atom. The SMILES string of the molecule is COC(=O)c1cc(Cl)cc(N2CCN(C(=O)O)C(C(C)(C)C)C2)c1OC. The molecule has 8 heteroatoms. The molecule has 1 N–H and O–H groups in total. The summed E-state index contributed by atoms with van der Waals surface area (Å²) in [6, 6.07) is 3.01. The van der Waals surface area contributed by atoms with Gasteiger partial charge in [-0.1, -0.05) is 32.4 Å². The van der Waals surface area contributed by atoms with Gasteiger partial charge in [-0.05, 0) is 17.5 Å². The molecule has 0 aliphatic carbocycles. The molecule has 2 rings (SSSR count). The Hall–Kier alpha value is -2.15. The third-order valence-corrected chi connectivity index (χ3v) is 4.83. The number of piperazine rings is 1. The molecule has 1 fully saturated rings. The average Bonchev–Trinajstić information content (AvgIpc) is 2.58. The summed E-state index contributed by atoms with van der Waals surface area (Å²) in [7, 11) is 2.78. The molecule has 1 aliphatic rings. The maximum atomic E-state index is 12.1. The van der Waals surface area contributed by atoms with Crippen LogP contribution < -0.4 is 9.64 Å². The van der Waals surface area contributed by atoms with E-state index in [1.54, 1.807) is 6.07 Å². The third kappa shape index (κ3) is 3.98. The molecule has 1 aromatic rings. The molecule has 1 saturated heterocycles. The Morgan fingerprint density at radius 1 is 1.23 bits per heavy atom. The topological polar surface area (TPSA) is 79.3 Å². The summed E-state index contributed by atoms with van der Waals surface area (Å²) in [5.41, 5.74) is 0.638. The van der Waals surface area contributed by atoms with Crippen LogP contribution in [0.3, 0.4) is 0 Å². The number of amides is 1. The molecule has 26 heavy (non-hydrogen) atoms. The molecule has 1 unspecified atom stereocenters. The van der Waals surface area contributed by atoms with Gasteiger partial charge in [-0.2, -0.15) is 0 Å². The van der Waals surface area contributed by atoms with Crippen LogP contribution in [0.15, 0.2) is 12.1 Å². The van der Waals surface area contributed by atoms with E-state index in [2.05, 4.69) is 0 Å². The van der Waals surface area contributed by atoms with E-state index in [1.807, 2.05) is 25.7 Å². The average molecular weight is 385 g/mol. The minimum atomic E-state index is -0.933. The van der Waals surface area contributed by atoms with E-state index in [4.69, 9.17) is 21.1 Å². The standard InChI is InChI=1S/C18H25ClN2O5/c1-18(2,3)14-10-20(6-7-21(14)17(23)24)13-9-11(19)8-12(15(13)25-4)16(22)26-5/h8-9,14H,6-7,10H2,1-5H3,(H,23,24). The van der Waals surface area contributed by atoms with Crippen LogP contribution in [0.5, 0.6) is 5.75 Å². The molecular formula is C18H25ClN2O5. The first-order valence-electron chi connectivity index (χ1n) is 8.30. The van der Waals surface area contributed by atoms with E-state index in [9.17, 15) is 14.7 Å². The lowest BCUT2D eigenvalue weighted by atomic mass is 9.84. The number of carboxylic acid groups (broad SMARTS) is 1. The van der Waals surface area contributed by atoms with Crippen molar-refractivity contribution < 1.29 is 24.2 Å². The van der Waals surface area contributed by atoms with Crippen molar-refractivity contribution in [1.82, 2.24) is 4.90 Å². The second-order valence-electron chi connectivity index (χ2n) is 7.30. The van der Waals surface area contributed by atoms with Gasteiger partial charge in [0, 0.05) is 24.7 Å². The molecule has 1 heterocycles. The first-order chi connectivity index (χ1) is 12.1. The summed E-state index contributed by atoms with van der Waals surface area (Å²) < 4.78 is 10.3. The van der Waals surface area contributed by atoms with E-state index in [1.165, 1.54) is 25.2 Å². The maximum absolute atomic E-state index is 12.1. The van der Waals surface area contributed by atoms with Gasteiger partial charge in [0.15, 0.2) is 5.75 Å². The molecular weight excluding hydrogens is 360 g/mol. The number of esters is 1. The van der Waals surface area contributed by atoms with Crippen LogP contribution in [0.2, 0.25) is 5.02 Å². The number of halogens is 1. The predicted octanol–water partition coefficient (Wildman–Crippen LogP) is 3.35. The van der Waals surface area contributed by atoms with Crippen LogP contribution in [-0.2, 0) is 4.74 Å². The molecule has 1 aliphatic heterocycles. The van der Waals surface area contributed by atoms with Crippen LogP contribution in [0.1, 0.15) is 31.1 Å². The van der Waals surface area contributed by atoms with Gasteiger partial charge >= 0.3 is 12.1 Å². The lowest BCUT2D eigenvalue weighted by Gasteiger charge is -2.47. The van der Waals surface area contributed by atoms with Crippen LogP contribution in [0, 0.1) is 5.41 Å². The second kappa shape index (κ2) is 7.61. The smallest absolute Gasteiger partial charge is 0.407 e. The third-order valence-electron chi connectivity index (χ3n) is 4.61. The fourth-order valence-electron chi connectivity index (χ4n) is 3.26. The highest BCUT2D eigenvalue weighted by molar-refractivity contribution is 6.31. The summed E-state index contributed by atoms with van der Waals surface area (Å²) in [5, 5.41) is 9.91. The van der Waals surface area contributed by atoms with E-state index in [-0.39, 0.29) is 17.0 Å². The number of nitrogens with zero attached hydrogens (tertiary/aromatic N) is 2. The fraction of sp³-hybridized carbons (Fsp3) is 0.556. The predicted molar refractivity (Wildman–Crippen MR) is 99.5 cm³/mol. The van der Waals surface area contributed by atoms with Crippen LogP contribution in [0.25, 0.3) is 0 Å². The fourth-order valence-corrected chi connectivity index (χ4v) is 3.47. The molecule has 1 atom stereocenters. The van der Waals surface area contributed by atoms with Gasteiger partial charge in [-0.25, -0.2) is 9.59 Å². The Kier molecular flexibility index (Phi) is 5.91. The van der Waals surface area contributed by atoms with Crippen molar-refractivity contribution in [1.29, 1.82) is 0 Å². The number of carbonyl (C=O) groups excluding carboxylic acids is 1. The van der Waals surface area contributed by atoms with E-state index in [0.717, 1.165) is 0 Å². The minimum Gasteiger partial charge on any atom is -0.494 e. The van der Waals surface area contributed by atoms with Gasteiger partial charge < -0.3 is 24.4 Å². The minimum absolute atomic E-state index is 0.223. The van der Waals surface area contributed by atoms with Crippen molar-refractivity contribution in [2.24, 2.45) is 5.41 Å². The van der Waals surface area contributed by atoms with Crippen molar-refractivity contribution >= 4 is 29.4 Å². The highest BCUT2D eigenvalue weighted by Gasteiger charge is 2.39. The lowest BCUT2D eigenvalue weighted by molar-refractivity contribution is 0.0597. The van der Waals surface area contributed by atoms with Gasteiger partial charge in [0.25, 0.3) is 0 Å². The zero-order chi connectivity index (χ0) is 19.6. The summed E-state index contributed by atoms with van der Waals surface area (Å²) in [6.45, 7) is 7.30. The van der Waals surface area contributed by atoms with E-state index >= 15 is 0 Å². The number of carbonyl (C=O) groups is 2. The maximum Gasteiger partial charge on any atom is 0.407 e. The number of hydrogen-bond acceptors (Lipinski definition) is 5. The molecule has 0 saturated carbocycles. The van der Waals surface area contributed by atoms with E-state index in [0.29, 0.717) is 36.1 Å². The highest BCUT2D eigenvalue weighted by atomic mass is 35.5. The van der Waals surface area contributed by atoms with Gasteiger partial charge in [-0.15, -0.1) is 0 Å². The molecule has 1 aromatic carbocycles. The van der Waals surface area contributed by atoms with Gasteiger partial charge in [0.05, 0.1) is 25.9 Å². The van der Waals surface area contributed by atoms with Crippen molar-refractivity contribution in [2.75, 3.05) is 38.8 Å². The molecule has 7 nitrogen and oxygen atoms in total. The molecule has 144 valence electrons.